The molecule has 0 saturated heterocycles. The molecule has 27 heavy (non-hydrogen) atoms. The molecule has 1 N–H and O–H groups in total. The quantitative estimate of drug-likeness (QED) is 0.686. The molecular weight excluding hydrogens is 342 g/mol. The number of aryl methyl sites for hydroxylation is 1. The molecule has 0 spiro atoms. The summed E-state index contributed by atoms with van der Waals surface area (Å²) in [7, 11) is 1.62. The average molecular weight is 371 g/mol. The van der Waals surface area contributed by atoms with E-state index >= 15 is 0 Å². The highest BCUT2D eigenvalue weighted by molar-refractivity contribution is 5.81. The van der Waals surface area contributed by atoms with Crippen molar-refractivity contribution in [2.45, 2.75) is 45.8 Å². The molecule has 0 saturated carbocycles. The number of hydrogen-bond donors (Lipinski definition) is 1. The fourth-order valence-corrected chi connectivity index (χ4v) is 2.56. The molecule has 5 heteroatoms. The first-order valence-electron chi connectivity index (χ1n) is 9.38. The van der Waals surface area contributed by atoms with Gasteiger partial charge in [0.25, 0.3) is 5.91 Å². The lowest BCUT2D eigenvalue weighted by Gasteiger charge is -2.21. The summed E-state index contributed by atoms with van der Waals surface area (Å²) in [5, 5.41) is 2.95. The Morgan fingerprint density at radius 2 is 1.56 bits per heavy atom. The fourth-order valence-electron chi connectivity index (χ4n) is 2.56. The van der Waals surface area contributed by atoms with E-state index in [0.717, 1.165) is 17.9 Å². The van der Waals surface area contributed by atoms with E-state index in [0.29, 0.717) is 18.8 Å². The topological polar surface area (TPSA) is 56.8 Å². The van der Waals surface area contributed by atoms with E-state index in [9.17, 15) is 4.79 Å². The van der Waals surface area contributed by atoms with Gasteiger partial charge in [0.05, 0.1) is 13.2 Å². The maximum atomic E-state index is 12.5. The smallest absolute Gasteiger partial charge is 0.261 e. The van der Waals surface area contributed by atoms with Crippen LogP contribution in [0, 0.1) is 0 Å². The largest absolute Gasteiger partial charge is 0.497 e. The predicted octanol–water partition coefficient (Wildman–Crippen LogP) is 4.00. The van der Waals surface area contributed by atoms with Crippen LogP contribution < -0.4 is 19.5 Å². The summed E-state index contributed by atoms with van der Waals surface area (Å²) in [5.74, 6) is 2.08. The molecular formula is C22H29NO4. The molecule has 0 radical (unpaired) electrons. The van der Waals surface area contributed by atoms with E-state index in [-0.39, 0.29) is 11.9 Å². The Kier molecular flexibility index (Phi) is 7.99. The van der Waals surface area contributed by atoms with Gasteiger partial charge in [0.2, 0.25) is 0 Å². The molecule has 0 aliphatic heterocycles. The Morgan fingerprint density at radius 3 is 2.11 bits per heavy atom. The molecule has 0 heterocycles. The minimum Gasteiger partial charge on any atom is -0.497 e. The van der Waals surface area contributed by atoms with E-state index in [4.69, 9.17) is 14.2 Å². The number of ether oxygens (including phenoxy) is 3. The first-order chi connectivity index (χ1) is 13.0. The SMILES string of the molecule is CCc1ccc(OC(CC)C(=O)NC(C)COc2ccc(OC)cc2)cc1. The van der Waals surface area contributed by atoms with Crippen molar-refractivity contribution in [3.63, 3.8) is 0 Å². The number of carbonyl (C=O) groups excluding carboxylic acids is 1. The van der Waals surface area contributed by atoms with E-state index in [2.05, 4.69) is 12.2 Å². The second-order valence-corrected chi connectivity index (χ2v) is 6.41. The molecule has 146 valence electrons. The van der Waals surface area contributed by atoms with Gasteiger partial charge in [0, 0.05) is 0 Å². The van der Waals surface area contributed by atoms with Gasteiger partial charge in [-0.1, -0.05) is 26.0 Å². The maximum absolute atomic E-state index is 12.5. The first kappa shape index (κ1) is 20.6. The normalized spacial score (nSPS) is 12.7. The maximum Gasteiger partial charge on any atom is 0.261 e. The summed E-state index contributed by atoms with van der Waals surface area (Å²) in [4.78, 5) is 12.5. The zero-order valence-electron chi connectivity index (χ0n) is 16.5. The van der Waals surface area contributed by atoms with Gasteiger partial charge in [-0.15, -0.1) is 0 Å². The van der Waals surface area contributed by atoms with E-state index in [1.54, 1.807) is 7.11 Å². The van der Waals surface area contributed by atoms with Crippen molar-refractivity contribution in [3.8, 4) is 17.2 Å². The van der Waals surface area contributed by atoms with Crippen molar-refractivity contribution >= 4 is 5.91 Å². The minimum absolute atomic E-state index is 0.136. The summed E-state index contributed by atoms with van der Waals surface area (Å²) in [6.07, 6.45) is 1.04. The number of hydrogen-bond acceptors (Lipinski definition) is 4. The number of amides is 1. The van der Waals surface area contributed by atoms with E-state index in [1.807, 2.05) is 62.4 Å². The van der Waals surface area contributed by atoms with Crippen molar-refractivity contribution in [3.05, 3.63) is 54.1 Å². The van der Waals surface area contributed by atoms with Crippen LogP contribution in [0.3, 0.4) is 0 Å². The summed E-state index contributed by atoms with van der Waals surface area (Å²) in [6, 6.07) is 15.1. The Morgan fingerprint density at radius 1 is 0.963 bits per heavy atom. The molecule has 5 nitrogen and oxygen atoms in total. The predicted molar refractivity (Wildman–Crippen MR) is 107 cm³/mol. The molecule has 2 atom stereocenters. The number of methoxy groups -OCH3 is 1. The van der Waals surface area contributed by atoms with Crippen LogP contribution in [0.1, 0.15) is 32.8 Å². The van der Waals surface area contributed by atoms with E-state index < -0.39 is 6.10 Å². The van der Waals surface area contributed by atoms with Gasteiger partial charge in [-0.3, -0.25) is 4.79 Å². The van der Waals surface area contributed by atoms with Crippen molar-refractivity contribution < 1.29 is 19.0 Å². The van der Waals surface area contributed by atoms with Crippen molar-refractivity contribution in [1.82, 2.24) is 5.32 Å². The number of rotatable bonds is 10. The molecule has 0 fully saturated rings. The van der Waals surface area contributed by atoms with Crippen molar-refractivity contribution in [2.75, 3.05) is 13.7 Å². The van der Waals surface area contributed by atoms with Crippen LogP contribution in [0.5, 0.6) is 17.2 Å². The third-order valence-corrected chi connectivity index (χ3v) is 4.22. The van der Waals surface area contributed by atoms with Gasteiger partial charge < -0.3 is 19.5 Å². The molecule has 2 unspecified atom stereocenters. The van der Waals surface area contributed by atoms with Gasteiger partial charge in [-0.2, -0.15) is 0 Å². The Labute approximate surface area is 161 Å². The molecule has 2 aromatic rings. The van der Waals surface area contributed by atoms with Crippen LogP contribution in [0.2, 0.25) is 0 Å². The van der Waals surface area contributed by atoms with Gasteiger partial charge in [0.1, 0.15) is 23.9 Å². The van der Waals surface area contributed by atoms with Crippen LogP contribution >= 0.6 is 0 Å². The summed E-state index contributed by atoms with van der Waals surface area (Å²) in [5.41, 5.74) is 1.24. The van der Waals surface area contributed by atoms with Crippen LogP contribution in [0.4, 0.5) is 0 Å². The second kappa shape index (κ2) is 10.5. The second-order valence-electron chi connectivity index (χ2n) is 6.41. The number of nitrogens with one attached hydrogen (secondary N) is 1. The lowest BCUT2D eigenvalue weighted by Crippen LogP contribution is -2.44. The zero-order chi connectivity index (χ0) is 19.6. The standard InChI is InChI=1S/C22H29NO4/c1-5-17-7-9-20(10-8-17)27-21(6-2)22(24)23-16(3)15-26-19-13-11-18(25-4)12-14-19/h7-14,16,21H,5-6,15H2,1-4H3,(H,23,24). The van der Waals surface area contributed by atoms with Gasteiger partial charge >= 0.3 is 0 Å². The van der Waals surface area contributed by atoms with Gasteiger partial charge in [-0.05, 0) is 61.7 Å². The first-order valence-corrected chi connectivity index (χ1v) is 9.38. The monoisotopic (exact) mass is 371 g/mol. The van der Waals surface area contributed by atoms with Gasteiger partial charge in [0.15, 0.2) is 6.10 Å². The highest BCUT2D eigenvalue weighted by Crippen LogP contribution is 2.17. The molecule has 2 rings (SSSR count). The molecule has 0 aliphatic rings. The third kappa shape index (κ3) is 6.51. The van der Waals surface area contributed by atoms with Crippen LogP contribution in [0.15, 0.2) is 48.5 Å². The zero-order valence-corrected chi connectivity index (χ0v) is 16.5. The summed E-state index contributed by atoms with van der Waals surface area (Å²) >= 11 is 0. The number of carbonyl (C=O) groups is 1. The summed E-state index contributed by atoms with van der Waals surface area (Å²) in [6.45, 7) is 6.32. The average Bonchev–Trinajstić information content (AvgIpc) is 2.71. The Bertz CT molecular complexity index is 697. The molecule has 1 amide bonds. The third-order valence-electron chi connectivity index (χ3n) is 4.22. The molecule has 2 aromatic carbocycles. The summed E-state index contributed by atoms with van der Waals surface area (Å²) < 4.78 is 16.7. The number of benzene rings is 2. The van der Waals surface area contributed by atoms with Crippen LogP contribution in [-0.4, -0.2) is 31.8 Å². The lowest BCUT2D eigenvalue weighted by atomic mass is 10.1. The highest BCUT2D eigenvalue weighted by atomic mass is 16.5. The molecule has 0 bridgehead atoms. The van der Waals surface area contributed by atoms with Gasteiger partial charge in [-0.25, -0.2) is 0 Å². The highest BCUT2D eigenvalue weighted by Gasteiger charge is 2.20. The Balaban J connectivity index is 1.82. The van der Waals surface area contributed by atoms with E-state index in [1.165, 1.54) is 5.56 Å². The minimum atomic E-state index is -0.527. The molecule has 0 aliphatic carbocycles. The van der Waals surface area contributed by atoms with Crippen molar-refractivity contribution in [2.24, 2.45) is 0 Å². The van der Waals surface area contributed by atoms with Crippen molar-refractivity contribution in [1.29, 1.82) is 0 Å². The molecule has 0 aromatic heterocycles. The fraction of sp³-hybridized carbons (Fsp3) is 0.409. The van der Waals surface area contributed by atoms with Crippen LogP contribution in [-0.2, 0) is 11.2 Å². The van der Waals surface area contributed by atoms with Crippen LogP contribution in [0.25, 0.3) is 0 Å². The lowest BCUT2D eigenvalue weighted by molar-refractivity contribution is -0.128. The Hall–Kier alpha value is -2.69.